The second-order valence-electron chi connectivity index (χ2n) is 4.66. The fourth-order valence-corrected chi connectivity index (χ4v) is 2.33. The molecule has 2 heterocycles. The Hall–Kier alpha value is -1.58. The molecule has 1 aromatic heterocycles. The Morgan fingerprint density at radius 2 is 2.29 bits per heavy atom. The number of anilines is 1. The Balaban J connectivity index is 2.21. The molecule has 1 amide bonds. The monoisotopic (exact) mass is 233 g/mol. The van der Waals surface area contributed by atoms with Gasteiger partial charge >= 0.3 is 0 Å². The van der Waals surface area contributed by atoms with E-state index in [1.54, 1.807) is 12.3 Å². The van der Waals surface area contributed by atoms with Crippen LogP contribution < -0.4 is 5.73 Å². The van der Waals surface area contributed by atoms with Crippen molar-refractivity contribution in [2.75, 3.05) is 12.3 Å². The number of rotatable bonds is 1. The van der Waals surface area contributed by atoms with Crippen molar-refractivity contribution in [3.63, 3.8) is 0 Å². The minimum absolute atomic E-state index is 0.0410. The molecular weight excluding hydrogens is 214 g/mol. The van der Waals surface area contributed by atoms with Crippen LogP contribution in [-0.4, -0.2) is 28.4 Å². The number of nitrogens with two attached hydrogens (primary N) is 1. The summed E-state index contributed by atoms with van der Waals surface area (Å²) in [4.78, 5) is 18.3. The molecule has 0 bridgehead atoms. The van der Waals surface area contributed by atoms with Crippen LogP contribution in [0.2, 0.25) is 0 Å². The van der Waals surface area contributed by atoms with E-state index < -0.39 is 0 Å². The maximum Gasteiger partial charge on any atom is 0.256 e. The Morgan fingerprint density at radius 1 is 1.47 bits per heavy atom. The fraction of sp³-hybridized carbons (Fsp3) is 0.538. The molecule has 92 valence electrons. The highest BCUT2D eigenvalue weighted by Gasteiger charge is 2.24. The van der Waals surface area contributed by atoms with Crippen LogP contribution in [0.25, 0.3) is 0 Å². The van der Waals surface area contributed by atoms with E-state index in [2.05, 4.69) is 11.9 Å². The van der Waals surface area contributed by atoms with Gasteiger partial charge in [0.25, 0.3) is 5.91 Å². The van der Waals surface area contributed by atoms with Crippen LogP contribution in [0.1, 0.15) is 43.0 Å². The Morgan fingerprint density at radius 3 is 3.06 bits per heavy atom. The summed E-state index contributed by atoms with van der Waals surface area (Å²) in [7, 11) is 0. The average molecular weight is 233 g/mol. The number of nitrogens with zero attached hydrogens (tertiary/aromatic N) is 2. The van der Waals surface area contributed by atoms with Gasteiger partial charge in [0, 0.05) is 18.8 Å². The van der Waals surface area contributed by atoms with Gasteiger partial charge in [-0.2, -0.15) is 0 Å². The van der Waals surface area contributed by atoms with E-state index in [0.29, 0.717) is 17.3 Å². The first-order chi connectivity index (χ1) is 8.20. The van der Waals surface area contributed by atoms with Crippen LogP contribution in [0, 0.1) is 0 Å². The van der Waals surface area contributed by atoms with Crippen molar-refractivity contribution in [2.45, 2.75) is 38.6 Å². The van der Waals surface area contributed by atoms with Gasteiger partial charge in [0.05, 0.1) is 17.4 Å². The third-order valence-corrected chi connectivity index (χ3v) is 3.40. The number of aromatic nitrogens is 1. The lowest BCUT2D eigenvalue weighted by atomic mass is 10.1. The highest BCUT2D eigenvalue weighted by molar-refractivity contribution is 5.99. The second-order valence-corrected chi connectivity index (χ2v) is 4.66. The van der Waals surface area contributed by atoms with Crippen LogP contribution in [-0.2, 0) is 0 Å². The maximum atomic E-state index is 12.4. The standard InChI is InChI=1S/C13H19N3O/c1-10-5-3-2-4-8-16(10)13(17)11-6-7-15-9-12(11)14/h6-7,9-10H,2-5,8,14H2,1H3. The number of carbonyl (C=O) groups is 1. The van der Waals surface area contributed by atoms with Gasteiger partial charge in [0.1, 0.15) is 0 Å². The number of pyridine rings is 1. The van der Waals surface area contributed by atoms with Crippen molar-refractivity contribution in [3.05, 3.63) is 24.0 Å². The Labute approximate surface area is 102 Å². The third kappa shape index (κ3) is 2.57. The van der Waals surface area contributed by atoms with Crippen molar-refractivity contribution >= 4 is 11.6 Å². The molecule has 1 unspecified atom stereocenters. The number of hydrogen-bond acceptors (Lipinski definition) is 3. The molecule has 4 heteroatoms. The van der Waals surface area contributed by atoms with E-state index in [1.807, 2.05) is 4.90 Å². The van der Waals surface area contributed by atoms with Crippen molar-refractivity contribution in [2.24, 2.45) is 0 Å². The van der Waals surface area contributed by atoms with E-state index >= 15 is 0 Å². The van der Waals surface area contributed by atoms with Crippen molar-refractivity contribution in [1.29, 1.82) is 0 Å². The smallest absolute Gasteiger partial charge is 0.256 e. The fourth-order valence-electron chi connectivity index (χ4n) is 2.33. The molecule has 1 aromatic rings. The number of carbonyl (C=O) groups excluding carboxylic acids is 1. The van der Waals surface area contributed by atoms with Gasteiger partial charge in [0.2, 0.25) is 0 Å². The molecule has 1 saturated heterocycles. The molecule has 1 atom stereocenters. The third-order valence-electron chi connectivity index (χ3n) is 3.40. The van der Waals surface area contributed by atoms with Gasteiger partial charge in [0.15, 0.2) is 0 Å². The minimum Gasteiger partial charge on any atom is -0.397 e. The Kier molecular flexibility index (Phi) is 3.61. The Bertz CT molecular complexity index is 405. The van der Waals surface area contributed by atoms with Crippen LogP contribution >= 0.6 is 0 Å². The zero-order valence-corrected chi connectivity index (χ0v) is 10.2. The number of amides is 1. The van der Waals surface area contributed by atoms with E-state index in [1.165, 1.54) is 19.0 Å². The van der Waals surface area contributed by atoms with Gasteiger partial charge in [-0.3, -0.25) is 9.78 Å². The molecule has 1 aliphatic rings. The zero-order chi connectivity index (χ0) is 12.3. The first-order valence-electron chi connectivity index (χ1n) is 6.20. The number of nitrogen functional groups attached to an aromatic ring is 1. The molecule has 1 aliphatic heterocycles. The van der Waals surface area contributed by atoms with E-state index in [0.717, 1.165) is 19.4 Å². The molecule has 0 saturated carbocycles. The molecular formula is C13H19N3O. The first-order valence-corrected chi connectivity index (χ1v) is 6.20. The van der Waals surface area contributed by atoms with Crippen LogP contribution in [0.3, 0.4) is 0 Å². The van der Waals surface area contributed by atoms with E-state index in [-0.39, 0.29) is 5.91 Å². The molecule has 4 nitrogen and oxygen atoms in total. The van der Waals surface area contributed by atoms with Crippen molar-refractivity contribution in [3.8, 4) is 0 Å². The second kappa shape index (κ2) is 5.17. The SMILES string of the molecule is CC1CCCCCN1C(=O)c1ccncc1N. The highest BCUT2D eigenvalue weighted by atomic mass is 16.2. The molecule has 0 spiro atoms. The summed E-state index contributed by atoms with van der Waals surface area (Å²) in [5.74, 6) is 0.0410. The molecule has 1 fully saturated rings. The van der Waals surface area contributed by atoms with Gasteiger partial charge in [-0.25, -0.2) is 0 Å². The summed E-state index contributed by atoms with van der Waals surface area (Å²) in [5, 5.41) is 0. The lowest BCUT2D eigenvalue weighted by Gasteiger charge is -2.27. The van der Waals surface area contributed by atoms with Crippen LogP contribution in [0.4, 0.5) is 5.69 Å². The largest absolute Gasteiger partial charge is 0.397 e. The van der Waals surface area contributed by atoms with Crippen molar-refractivity contribution < 1.29 is 4.79 Å². The van der Waals surface area contributed by atoms with Crippen molar-refractivity contribution in [1.82, 2.24) is 9.88 Å². The normalized spacial score (nSPS) is 21.0. The van der Waals surface area contributed by atoms with Gasteiger partial charge < -0.3 is 10.6 Å². The quantitative estimate of drug-likeness (QED) is 0.807. The summed E-state index contributed by atoms with van der Waals surface area (Å²) in [6, 6.07) is 2.01. The van der Waals surface area contributed by atoms with Crippen LogP contribution in [0.5, 0.6) is 0 Å². The topological polar surface area (TPSA) is 59.2 Å². The predicted octanol–water partition coefficient (Wildman–Crippen LogP) is 2.07. The summed E-state index contributed by atoms with van der Waals surface area (Å²) >= 11 is 0. The molecule has 0 radical (unpaired) electrons. The van der Waals surface area contributed by atoms with Crippen LogP contribution in [0.15, 0.2) is 18.5 Å². The zero-order valence-electron chi connectivity index (χ0n) is 10.2. The maximum absolute atomic E-state index is 12.4. The summed E-state index contributed by atoms with van der Waals surface area (Å²) in [5.41, 5.74) is 6.85. The molecule has 0 aromatic carbocycles. The van der Waals surface area contributed by atoms with Gasteiger partial charge in [-0.15, -0.1) is 0 Å². The first kappa shape index (κ1) is 11.9. The molecule has 2 N–H and O–H groups in total. The highest BCUT2D eigenvalue weighted by Crippen LogP contribution is 2.20. The predicted molar refractivity (Wildman–Crippen MR) is 67.6 cm³/mol. The average Bonchev–Trinajstić information content (AvgIpc) is 2.54. The van der Waals surface area contributed by atoms with E-state index in [9.17, 15) is 4.79 Å². The summed E-state index contributed by atoms with van der Waals surface area (Å²) < 4.78 is 0. The molecule has 2 rings (SSSR count). The van der Waals surface area contributed by atoms with Gasteiger partial charge in [-0.1, -0.05) is 12.8 Å². The lowest BCUT2D eigenvalue weighted by Crippen LogP contribution is -2.38. The summed E-state index contributed by atoms with van der Waals surface area (Å²) in [6.07, 6.45) is 7.73. The van der Waals surface area contributed by atoms with E-state index in [4.69, 9.17) is 5.73 Å². The minimum atomic E-state index is 0.0410. The lowest BCUT2D eigenvalue weighted by molar-refractivity contribution is 0.0699. The molecule has 0 aliphatic carbocycles. The molecule has 17 heavy (non-hydrogen) atoms. The number of likely N-dealkylation sites (tertiary alicyclic amines) is 1. The van der Waals surface area contributed by atoms with Gasteiger partial charge in [-0.05, 0) is 25.8 Å². The number of hydrogen-bond donors (Lipinski definition) is 1. The summed E-state index contributed by atoms with van der Waals surface area (Å²) in [6.45, 7) is 2.95.